The molecule has 2 aromatic heterocycles. The second kappa shape index (κ2) is 5.17. The maximum atomic E-state index is 11.8. The molecule has 0 fully saturated rings. The van der Waals surface area contributed by atoms with Gasteiger partial charge in [-0.3, -0.25) is 9.78 Å². The summed E-state index contributed by atoms with van der Waals surface area (Å²) < 4.78 is 0. The molecule has 0 saturated heterocycles. The fraction of sp³-hybridized carbons (Fsp3) is 0. The number of rotatable bonds is 2. The third kappa shape index (κ3) is 2.44. The summed E-state index contributed by atoms with van der Waals surface area (Å²) in [5.41, 5.74) is 6.03. The van der Waals surface area contributed by atoms with Gasteiger partial charge in [-0.2, -0.15) is 0 Å². The lowest BCUT2D eigenvalue weighted by atomic mass is 10.0. The Morgan fingerprint density at radius 1 is 1.14 bits per heavy atom. The van der Waals surface area contributed by atoms with Gasteiger partial charge in [-0.05, 0) is 23.8 Å². The first kappa shape index (κ1) is 13.6. The molecule has 0 aliphatic heterocycles. The molecule has 1 aromatic carbocycles. The van der Waals surface area contributed by atoms with Crippen LogP contribution in [0.3, 0.4) is 0 Å². The number of hydrogen-bond acceptors (Lipinski definition) is 6. The summed E-state index contributed by atoms with van der Waals surface area (Å²) in [6.07, 6.45) is 2.78. The zero-order valence-electron chi connectivity index (χ0n) is 11.2. The predicted octanol–water partition coefficient (Wildman–Crippen LogP) is 0.475. The summed E-state index contributed by atoms with van der Waals surface area (Å²) in [6.45, 7) is 0. The van der Waals surface area contributed by atoms with E-state index >= 15 is 0 Å². The molecule has 0 aliphatic rings. The van der Waals surface area contributed by atoms with E-state index in [0.29, 0.717) is 16.8 Å². The van der Waals surface area contributed by atoms with E-state index in [1.165, 1.54) is 18.5 Å². The van der Waals surface area contributed by atoms with E-state index in [1.807, 2.05) is 0 Å². The third-order valence-electron chi connectivity index (χ3n) is 3.08. The summed E-state index contributed by atoms with van der Waals surface area (Å²) in [5, 5.41) is 9.99. The molecule has 8 nitrogen and oxygen atoms in total. The van der Waals surface area contributed by atoms with Crippen LogP contribution in [0.1, 0.15) is 0 Å². The fourth-order valence-electron chi connectivity index (χ4n) is 2.06. The number of benzene rings is 1. The van der Waals surface area contributed by atoms with Crippen molar-refractivity contribution in [2.75, 3.05) is 5.73 Å². The van der Waals surface area contributed by atoms with Gasteiger partial charge in [-0.1, -0.05) is 6.07 Å². The van der Waals surface area contributed by atoms with Gasteiger partial charge in [0.25, 0.3) is 5.56 Å². The number of nitrogens with zero attached hydrogens (tertiary/aromatic N) is 2. The zero-order chi connectivity index (χ0) is 15.7. The first-order chi connectivity index (χ1) is 10.5. The number of phenols is 1. The van der Waals surface area contributed by atoms with Crippen molar-refractivity contribution >= 4 is 5.95 Å². The van der Waals surface area contributed by atoms with Gasteiger partial charge in [0.05, 0.1) is 11.3 Å². The summed E-state index contributed by atoms with van der Waals surface area (Å²) in [5.74, 6) is 0.0619. The molecule has 110 valence electrons. The summed E-state index contributed by atoms with van der Waals surface area (Å²) in [6, 6.07) is 6.17. The topological polar surface area (TPSA) is 138 Å². The molecule has 0 aliphatic carbocycles. The van der Waals surface area contributed by atoms with Gasteiger partial charge in [-0.25, -0.2) is 14.8 Å². The molecule has 0 spiro atoms. The number of aromatic amines is 2. The van der Waals surface area contributed by atoms with Gasteiger partial charge < -0.3 is 15.8 Å². The second-order valence-electron chi connectivity index (χ2n) is 4.52. The average Bonchev–Trinajstić information content (AvgIpc) is 2.48. The molecular weight excluding hydrogens is 286 g/mol. The number of nitrogens with two attached hydrogens (primary N) is 1. The Kier molecular flexibility index (Phi) is 3.18. The van der Waals surface area contributed by atoms with E-state index in [0.717, 1.165) is 0 Å². The molecule has 0 atom stereocenters. The summed E-state index contributed by atoms with van der Waals surface area (Å²) >= 11 is 0. The van der Waals surface area contributed by atoms with Gasteiger partial charge in [-0.15, -0.1) is 0 Å². The van der Waals surface area contributed by atoms with Crippen LogP contribution < -0.4 is 17.0 Å². The van der Waals surface area contributed by atoms with Crippen molar-refractivity contribution in [3.63, 3.8) is 0 Å². The molecule has 3 rings (SSSR count). The molecule has 3 aromatic rings. The minimum Gasteiger partial charge on any atom is -0.507 e. The summed E-state index contributed by atoms with van der Waals surface area (Å²) in [4.78, 5) is 35.3. The van der Waals surface area contributed by atoms with Crippen LogP contribution in [0, 0.1) is 0 Å². The first-order valence-corrected chi connectivity index (χ1v) is 6.29. The maximum Gasteiger partial charge on any atom is 0.325 e. The minimum absolute atomic E-state index is 0.0114. The van der Waals surface area contributed by atoms with Crippen LogP contribution in [-0.2, 0) is 0 Å². The smallest absolute Gasteiger partial charge is 0.325 e. The van der Waals surface area contributed by atoms with Crippen LogP contribution in [0.2, 0.25) is 0 Å². The number of phenolic OH excluding ortho intramolecular Hbond substituents is 1. The van der Waals surface area contributed by atoms with Gasteiger partial charge in [0.15, 0.2) is 0 Å². The van der Waals surface area contributed by atoms with Gasteiger partial charge in [0.1, 0.15) is 5.75 Å². The maximum absolute atomic E-state index is 11.8. The van der Waals surface area contributed by atoms with E-state index < -0.39 is 11.2 Å². The Labute approximate surface area is 123 Å². The highest BCUT2D eigenvalue weighted by atomic mass is 16.3. The Morgan fingerprint density at radius 3 is 2.68 bits per heavy atom. The SMILES string of the molecule is Nc1nccc(-c2cc(-c3c[nH]c(=O)[nH]c3=O)ccc2O)n1. The Hall–Kier alpha value is -3.42. The van der Waals surface area contributed by atoms with Crippen molar-refractivity contribution in [3.05, 3.63) is 57.5 Å². The third-order valence-corrected chi connectivity index (χ3v) is 3.08. The molecule has 0 unspecified atom stereocenters. The fourth-order valence-corrected chi connectivity index (χ4v) is 2.06. The van der Waals surface area contributed by atoms with Crippen LogP contribution in [-0.4, -0.2) is 25.0 Å². The number of hydrogen-bond donors (Lipinski definition) is 4. The number of H-pyrrole nitrogens is 2. The van der Waals surface area contributed by atoms with Crippen LogP contribution in [0.5, 0.6) is 5.75 Å². The number of nitrogens with one attached hydrogen (secondary N) is 2. The molecule has 2 heterocycles. The second-order valence-corrected chi connectivity index (χ2v) is 4.52. The first-order valence-electron chi connectivity index (χ1n) is 6.29. The lowest BCUT2D eigenvalue weighted by molar-refractivity contribution is 0.477. The monoisotopic (exact) mass is 297 g/mol. The van der Waals surface area contributed by atoms with Crippen LogP contribution >= 0.6 is 0 Å². The van der Waals surface area contributed by atoms with Crippen LogP contribution in [0.25, 0.3) is 22.4 Å². The van der Waals surface area contributed by atoms with E-state index in [4.69, 9.17) is 5.73 Å². The van der Waals surface area contributed by atoms with E-state index in [2.05, 4.69) is 19.9 Å². The number of anilines is 1. The number of nitrogen functional groups attached to an aromatic ring is 1. The molecule has 0 amide bonds. The zero-order valence-corrected chi connectivity index (χ0v) is 11.2. The van der Waals surface area contributed by atoms with E-state index in [1.54, 1.807) is 18.2 Å². The Morgan fingerprint density at radius 2 is 1.95 bits per heavy atom. The van der Waals surface area contributed by atoms with Crippen molar-refractivity contribution < 1.29 is 5.11 Å². The van der Waals surface area contributed by atoms with Gasteiger partial charge in [0.2, 0.25) is 5.95 Å². The minimum atomic E-state index is -0.587. The largest absolute Gasteiger partial charge is 0.507 e. The molecule has 0 saturated carbocycles. The van der Waals surface area contributed by atoms with Crippen molar-refractivity contribution in [2.24, 2.45) is 0 Å². The van der Waals surface area contributed by atoms with E-state index in [-0.39, 0.29) is 17.3 Å². The lowest BCUT2D eigenvalue weighted by Gasteiger charge is -2.07. The lowest BCUT2D eigenvalue weighted by Crippen LogP contribution is -2.22. The van der Waals surface area contributed by atoms with Crippen molar-refractivity contribution in [2.45, 2.75) is 0 Å². The summed E-state index contributed by atoms with van der Waals surface area (Å²) in [7, 11) is 0. The molecule has 0 bridgehead atoms. The standard InChI is InChI=1S/C14H11N5O3/c15-13-16-4-3-10(18-13)8-5-7(1-2-11(8)20)9-6-17-14(22)19-12(9)21/h1-6,20H,(H2,15,16,18)(H2,17,19,21,22). The molecule has 22 heavy (non-hydrogen) atoms. The molecular formula is C14H11N5O3. The number of aromatic hydroxyl groups is 1. The Balaban J connectivity index is 2.18. The van der Waals surface area contributed by atoms with Crippen LogP contribution in [0.15, 0.2) is 46.2 Å². The van der Waals surface area contributed by atoms with Crippen molar-refractivity contribution in [1.82, 2.24) is 19.9 Å². The highest BCUT2D eigenvalue weighted by molar-refractivity contribution is 5.75. The average molecular weight is 297 g/mol. The molecule has 0 radical (unpaired) electrons. The molecule has 5 N–H and O–H groups in total. The molecule has 8 heteroatoms. The highest BCUT2D eigenvalue weighted by Gasteiger charge is 2.11. The normalized spacial score (nSPS) is 10.5. The van der Waals surface area contributed by atoms with Gasteiger partial charge >= 0.3 is 5.69 Å². The Bertz CT molecular complexity index is 961. The predicted molar refractivity (Wildman–Crippen MR) is 80.2 cm³/mol. The van der Waals surface area contributed by atoms with Gasteiger partial charge in [0, 0.05) is 18.0 Å². The quantitative estimate of drug-likeness (QED) is 0.542. The van der Waals surface area contributed by atoms with Crippen molar-refractivity contribution in [1.29, 1.82) is 0 Å². The number of aromatic nitrogens is 4. The van der Waals surface area contributed by atoms with E-state index in [9.17, 15) is 14.7 Å². The highest BCUT2D eigenvalue weighted by Crippen LogP contribution is 2.31. The van der Waals surface area contributed by atoms with Crippen LogP contribution in [0.4, 0.5) is 5.95 Å². The van der Waals surface area contributed by atoms with Crippen molar-refractivity contribution in [3.8, 4) is 28.1 Å².